The average Bonchev–Trinajstić information content (AvgIpc) is 2.86. The number of alkyl halides is 1. The average molecular weight is 270 g/mol. The van der Waals surface area contributed by atoms with Crippen molar-refractivity contribution in [1.29, 1.82) is 0 Å². The summed E-state index contributed by atoms with van der Waals surface area (Å²) in [5.74, 6) is 1.87. The normalized spacial score (nSPS) is 19.2. The van der Waals surface area contributed by atoms with Crippen LogP contribution >= 0.6 is 23.4 Å². The van der Waals surface area contributed by atoms with Crippen LogP contribution in [0.5, 0.6) is 0 Å². The van der Waals surface area contributed by atoms with Crippen molar-refractivity contribution in [3.8, 4) is 0 Å². The van der Waals surface area contributed by atoms with E-state index in [9.17, 15) is 4.79 Å². The summed E-state index contributed by atoms with van der Waals surface area (Å²) in [6.45, 7) is 0. The Balaban J connectivity index is 1.91. The first kappa shape index (κ1) is 12.8. The minimum Gasteiger partial charge on any atom is -0.325 e. The Hall–Kier alpha value is -0.670. The molecule has 17 heavy (non-hydrogen) atoms. The van der Waals surface area contributed by atoms with Crippen LogP contribution in [-0.2, 0) is 11.2 Å². The second-order valence-corrected chi connectivity index (χ2v) is 5.82. The van der Waals surface area contributed by atoms with E-state index in [0.717, 1.165) is 30.7 Å². The number of benzene rings is 1. The Bertz CT molecular complexity index is 374. The van der Waals surface area contributed by atoms with Crippen LogP contribution in [0.3, 0.4) is 0 Å². The maximum atomic E-state index is 11.9. The lowest BCUT2D eigenvalue weighted by molar-refractivity contribution is -0.115. The number of aryl methyl sites for hydroxylation is 1. The monoisotopic (exact) mass is 269 g/mol. The van der Waals surface area contributed by atoms with Gasteiger partial charge < -0.3 is 5.32 Å². The topological polar surface area (TPSA) is 29.1 Å². The predicted molar refractivity (Wildman–Crippen MR) is 75.0 cm³/mol. The van der Waals surface area contributed by atoms with Gasteiger partial charge in [0, 0.05) is 11.6 Å². The molecule has 0 radical (unpaired) electrons. The number of hydrogen-bond acceptors (Lipinski definition) is 2. The summed E-state index contributed by atoms with van der Waals surface area (Å²) in [4.78, 5) is 11.9. The van der Waals surface area contributed by atoms with Gasteiger partial charge in [-0.2, -0.15) is 0 Å². The molecule has 1 aromatic rings. The van der Waals surface area contributed by atoms with E-state index in [1.165, 1.54) is 5.56 Å². The Morgan fingerprint density at radius 2 is 2.18 bits per heavy atom. The minimum atomic E-state index is 0.137. The molecular weight excluding hydrogens is 254 g/mol. The van der Waals surface area contributed by atoms with Gasteiger partial charge in [-0.25, -0.2) is 0 Å². The fraction of sp³-hybridized carbons (Fsp3) is 0.462. The first-order chi connectivity index (χ1) is 8.29. The van der Waals surface area contributed by atoms with Crippen LogP contribution in [0.4, 0.5) is 5.69 Å². The lowest BCUT2D eigenvalue weighted by atomic mass is 10.1. The van der Waals surface area contributed by atoms with Gasteiger partial charge in [0.2, 0.25) is 5.91 Å². The number of halogens is 1. The summed E-state index contributed by atoms with van der Waals surface area (Å²) >= 11 is 7.43. The molecule has 0 saturated carbocycles. The maximum absolute atomic E-state index is 11.9. The van der Waals surface area contributed by atoms with Gasteiger partial charge in [-0.15, -0.1) is 23.4 Å². The van der Waals surface area contributed by atoms with E-state index < -0.39 is 0 Å². The smallest absolute Gasteiger partial charge is 0.237 e. The van der Waals surface area contributed by atoms with E-state index >= 15 is 0 Å². The SMILES string of the molecule is O=C(Nc1ccc(CCCl)cc1)C1CCCS1. The molecule has 1 atom stereocenters. The van der Waals surface area contributed by atoms with Crippen molar-refractivity contribution in [1.82, 2.24) is 0 Å². The standard InChI is InChI=1S/C13H16ClNOS/c14-8-7-10-3-5-11(6-4-10)15-13(16)12-2-1-9-17-12/h3-6,12H,1-2,7-9H2,(H,15,16). The molecule has 4 heteroatoms. The molecular formula is C13H16ClNOS. The molecule has 1 aliphatic heterocycles. The summed E-state index contributed by atoms with van der Waals surface area (Å²) in [7, 11) is 0. The molecule has 1 heterocycles. The lowest BCUT2D eigenvalue weighted by Gasteiger charge is -2.10. The van der Waals surface area contributed by atoms with Gasteiger partial charge in [0.25, 0.3) is 0 Å². The summed E-state index contributed by atoms with van der Waals surface area (Å²) < 4.78 is 0. The highest BCUT2D eigenvalue weighted by molar-refractivity contribution is 8.00. The van der Waals surface area contributed by atoms with Gasteiger partial charge in [-0.3, -0.25) is 4.79 Å². The summed E-state index contributed by atoms with van der Waals surface area (Å²) in [5, 5.41) is 3.10. The van der Waals surface area contributed by atoms with E-state index in [-0.39, 0.29) is 11.2 Å². The molecule has 0 aliphatic carbocycles. The zero-order chi connectivity index (χ0) is 12.1. The number of amides is 1. The molecule has 1 amide bonds. The van der Waals surface area contributed by atoms with Crippen LogP contribution in [-0.4, -0.2) is 22.8 Å². The number of rotatable bonds is 4. The first-order valence-corrected chi connectivity index (χ1v) is 7.45. The minimum absolute atomic E-state index is 0.137. The maximum Gasteiger partial charge on any atom is 0.237 e. The van der Waals surface area contributed by atoms with Crippen LogP contribution in [0, 0.1) is 0 Å². The van der Waals surface area contributed by atoms with E-state index in [0.29, 0.717) is 5.88 Å². The number of nitrogens with one attached hydrogen (secondary N) is 1. The molecule has 0 aromatic heterocycles. The number of carbonyl (C=O) groups is 1. The zero-order valence-corrected chi connectivity index (χ0v) is 11.2. The van der Waals surface area contributed by atoms with Crippen LogP contribution in [0.2, 0.25) is 0 Å². The van der Waals surface area contributed by atoms with Crippen molar-refractivity contribution < 1.29 is 4.79 Å². The highest BCUT2D eigenvalue weighted by Crippen LogP contribution is 2.27. The van der Waals surface area contributed by atoms with E-state index in [1.807, 2.05) is 24.3 Å². The van der Waals surface area contributed by atoms with E-state index in [1.54, 1.807) is 11.8 Å². The van der Waals surface area contributed by atoms with Crippen molar-refractivity contribution in [2.24, 2.45) is 0 Å². The number of anilines is 1. The van der Waals surface area contributed by atoms with Crippen molar-refractivity contribution in [2.45, 2.75) is 24.5 Å². The summed E-state index contributed by atoms with van der Waals surface area (Å²) in [5.41, 5.74) is 2.08. The fourth-order valence-corrected chi connectivity index (χ4v) is 3.25. The number of thioether (sulfide) groups is 1. The number of hydrogen-bond donors (Lipinski definition) is 1. The molecule has 1 aliphatic rings. The van der Waals surface area contributed by atoms with Crippen LogP contribution < -0.4 is 5.32 Å². The Labute approximate surface area is 111 Å². The summed E-state index contributed by atoms with van der Waals surface area (Å²) in [6.07, 6.45) is 3.02. The molecule has 1 N–H and O–H groups in total. The van der Waals surface area contributed by atoms with Gasteiger partial charge in [0.1, 0.15) is 0 Å². The van der Waals surface area contributed by atoms with Crippen molar-refractivity contribution in [3.63, 3.8) is 0 Å². The molecule has 2 rings (SSSR count). The van der Waals surface area contributed by atoms with Crippen LogP contribution in [0.15, 0.2) is 24.3 Å². The highest BCUT2D eigenvalue weighted by Gasteiger charge is 2.23. The van der Waals surface area contributed by atoms with E-state index in [4.69, 9.17) is 11.6 Å². The quantitative estimate of drug-likeness (QED) is 0.850. The molecule has 1 aromatic carbocycles. The fourth-order valence-electron chi connectivity index (χ4n) is 1.87. The van der Waals surface area contributed by atoms with Crippen LogP contribution in [0.1, 0.15) is 18.4 Å². The first-order valence-electron chi connectivity index (χ1n) is 5.87. The predicted octanol–water partition coefficient (Wildman–Crippen LogP) is 3.30. The molecule has 1 unspecified atom stereocenters. The van der Waals surface area contributed by atoms with Crippen molar-refractivity contribution in [2.75, 3.05) is 16.9 Å². The summed E-state index contributed by atoms with van der Waals surface area (Å²) in [6, 6.07) is 7.92. The second-order valence-electron chi connectivity index (χ2n) is 4.13. The third kappa shape index (κ3) is 3.65. The molecule has 1 fully saturated rings. The van der Waals surface area contributed by atoms with Gasteiger partial charge in [0.05, 0.1) is 5.25 Å². The third-order valence-corrected chi connectivity index (χ3v) is 4.39. The highest BCUT2D eigenvalue weighted by atomic mass is 35.5. The molecule has 0 spiro atoms. The van der Waals surface area contributed by atoms with Crippen molar-refractivity contribution in [3.05, 3.63) is 29.8 Å². The van der Waals surface area contributed by atoms with E-state index in [2.05, 4.69) is 5.32 Å². The van der Waals surface area contributed by atoms with Crippen molar-refractivity contribution >= 4 is 35.0 Å². The van der Waals surface area contributed by atoms with Gasteiger partial charge in [-0.1, -0.05) is 12.1 Å². The van der Waals surface area contributed by atoms with Gasteiger partial charge in [-0.05, 0) is 42.7 Å². The van der Waals surface area contributed by atoms with Gasteiger partial charge >= 0.3 is 0 Å². The number of carbonyl (C=O) groups excluding carboxylic acids is 1. The zero-order valence-electron chi connectivity index (χ0n) is 9.62. The Morgan fingerprint density at radius 1 is 1.41 bits per heavy atom. The Kier molecular flexibility index (Phi) is 4.75. The molecule has 92 valence electrons. The molecule has 0 bridgehead atoms. The van der Waals surface area contributed by atoms with Gasteiger partial charge in [0.15, 0.2) is 0 Å². The largest absolute Gasteiger partial charge is 0.325 e. The van der Waals surface area contributed by atoms with Crippen LogP contribution in [0.25, 0.3) is 0 Å². The molecule has 2 nitrogen and oxygen atoms in total. The second kappa shape index (κ2) is 6.31. The third-order valence-electron chi connectivity index (χ3n) is 2.83. The Morgan fingerprint density at radius 3 is 2.76 bits per heavy atom. The molecule has 1 saturated heterocycles. The lowest BCUT2D eigenvalue weighted by Crippen LogP contribution is -2.22.